The Hall–Kier alpha value is -0.820. The van der Waals surface area contributed by atoms with Crippen LogP contribution in [0.1, 0.15) is 122 Å². The molecule has 0 aromatic heterocycles. The quantitative estimate of drug-likeness (QED) is 0.298. The summed E-state index contributed by atoms with van der Waals surface area (Å²) >= 11 is 0. The fourth-order valence-corrected chi connectivity index (χ4v) is 3.88. The van der Waals surface area contributed by atoms with E-state index in [1.165, 1.54) is 107 Å². The first kappa shape index (κ1) is 23.2. The van der Waals surface area contributed by atoms with Crippen molar-refractivity contribution in [1.82, 2.24) is 0 Å². The van der Waals surface area contributed by atoms with Gasteiger partial charge in [-0.05, 0) is 37.8 Å². The summed E-state index contributed by atoms with van der Waals surface area (Å²) in [4.78, 5) is 0. The normalized spacial score (nSPS) is 11.8. The van der Waals surface area contributed by atoms with Gasteiger partial charge in [0.15, 0.2) is 0 Å². The van der Waals surface area contributed by atoms with Gasteiger partial charge >= 0.3 is 0 Å². The van der Waals surface area contributed by atoms with Gasteiger partial charge in [-0.15, -0.1) is 0 Å². The zero-order chi connectivity index (χ0) is 19.1. The van der Waals surface area contributed by atoms with Crippen LogP contribution in [0.25, 0.3) is 0 Å². The second kappa shape index (κ2) is 14.3. The van der Waals surface area contributed by atoms with Crippen LogP contribution in [-0.2, 0) is 12.0 Å². The number of unbranched alkanes of at least 4 members (excludes halogenated alkanes) is 13. The molecule has 0 radical (unpaired) electrons. The van der Waals surface area contributed by atoms with Crippen molar-refractivity contribution in [3.63, 3.8) is 0 Å². The average Bonchev–Trinajstić information content (AvgIpc) is 2.61. The zero-order valence-electron chi connectivity index (χ0n) is 18.0. The van der Waals surface area contributed by atoms with Gasteiger partial charge in [0.05, 0.1) is 0 Å². The lowest BCUT2D eigenvalue weighted by Gasteiger charge is -2.23. The number of nitrogens with two attached hydrogens (primary N) is 1. The molecule has 1 rings (SSSR count). The second-order valence-corrected chi connectivity index (χ2v) is 8.73. The lowest BCUT2D eigenvalue weighted by molar-refractivity contribution is 0.531. The summed E-state index contributed by atoms with van der Waals surface area (Å²) in [6.07, 6.45) is 21.0. The van der Waals surface area contributed by atoms with Gasteiger partial charge in [0.25, 0.3) is 0 Å². The molecule has 26 heavy (non-hydrogen) atoms. The molecule has 0 heterocycles. The highest BCUT2D eigenvalue weighted by Crippen LogP contribution is 2.23. The summed E-state index contributed by atoms with van der Waals surface area (Å²) < 4.78 is 0. The van der Waals surface area contributed by atoms with Gasteiger partial charge in [-0.1, -0.05) is 115 Å². The van der Waals surface area contributed by atoms with Crippen LogP contribution in [0.5, 0.6) is 0 Å². The van der Waals surface area contributed by atoms with Gasteiger partial charge in [0.2, 0.25) is 0 Å². The van der Waals surface area contributed by atoms with Crippen LogP contribution in [0.2, 0.25) is 0 Å². The molecule has 0 amide bonds. The van der Waals surface area contributed by atoms with Crippen LogP contribution in [0.15, 0.2) is 24.3 Å². The van der Waals surface area contributed by atoms with Gasteiger partial charge in [-0.25, -0.2) is 0 Å². The largest absolute Gasteiger partial charge is 0.322 e. The van der Waals surface area contributed by atoms with E-state index in [1.54, 1.807) is 0 Å². The number of hydrogen-bond donors (Lipinski definition) is 1. The van der Waals surface area contributed by atoms with Gasteiger partial charge < -0.3 is 5.73 Å². The number of hydrogen-bond acceptors (Lipinski definition) is 1. The smallest absolute Gasteiger partial charge is 0.0355 e. The highest BCUT2D eigenvalue weighted by Gasteiger charge is 2.17. The SMILES string of the molecule is CCCCCCCCCCCCCCCCc1ccccc1C(C)(C)N. The molecular weight excluding hydrogens is 314 g/mol. The van der Waals surface area contributed by atoms with E-state index in [-0.39, 0.29) is 5.54 Å². The van der Waals surface area contributed by atoms with E-state index in [9.17, 15) is 0 Å². The topological polar surface area (TPSA) is 26.0 Å². The van der Waals surface area contributed by atoms with E-state index in [2.05, 4.69) is 45.0 Å². The van der Waals surface area contributed by atoms with E-state index in [0.29, 0.717) is 0 Å². The monoisotopic (exact) mass is 359 g/mol. The molecule has 0 saturated heterocycles. The first-order valence-electron chi connectivity index (χ1n) is 11.4. The molecule has 0 fully saturated rings. The predicted octanol–water partition coefficient (Wildman–Crippen LogP) is 7.90. The maximum absolute atomic E-state index is 6.31. The zero-order valence-corrected chi connectivity index (χ0v) is 18.0. The summed E-state index contributed by atoms with van der Waals surface area (Å²) in [5, 5.41) is 0. The minimum Gasteiger partial charge on any atom is -0.322 e. The third kappa shape index (κ3) is 11.0. The van der Waals surface area contributed by atoms with E-state index in [4.69, 9.17) is 5.73 Å². The molecule has 0 aliphatic rings. The Balaban J connectivity index is 1.96. The van der Waals surface area contributed by atoms with Crippen molar-refractivity contribution in [3.8, 4) is 0 Å². The Morgan fingerprint density at radius 1 is 0.654 bits per heavy atom. The number of benzene rings is 1. The molecule has 1 nitrogen and oxygen atoms in total. The first-order valence-corrected chi connectivity index (χ1v) is 11.4. The Labute approximate surface area is 164 Å². The molecule has 1 aromatic rings. The summed E-state index contributed by atoms with van der Waals surface area (Å²) in [5.74, 6) is 0. The van der Waals surface area contributed by atoms with Crippen molar-refractivity contribution in [3.05, 3.63) is 35.4 Å². The number of aryl methyl sites for hydroxylation is 1. The summed E-state index contributed by atoms with van der Waals surface area (Å²) in [6.45, 7) is 6.51. The van der Waals surface area contributed by atoms with Gasteiger partial charge in [-0.3, -0.25) is 0 Å². The van der Waals surface area contributed by atoms with Crippen LogP contribution in [0, 0.1) is 0 Å². The molecule has 0 aliphatic heterocycles. The van der Waals surface area contributed by atoms with E-state index in [1.807, 2.05) is 0 Å². The van der Waals surface area contributed by atoms with Crippen LogP contribution >= 0.6 is 0 Å². The van der Waals surface area contributed by atoms with Crippen LogP contribution < -0.4 is 5.73 Å². The fraction of sp³-hybridized carbons (Fsp3) is 0.760. The van der Waals surface area contributed by atoms with Gasteiger partial charge in [-0.2, -0.15) is 0 Å². The van der Waals surface area contributed by atoms with Crippen LogP contribution in [0.3, 0.4) is 0 Å². The van der Waals surface area contributed by atoms with Gasteiger partial charge in [0, 0.05) is 5.54 Å². The maximum atomic E-state index is 6.31. The molecule has 2 N–H and O–H groups in total. The van der Waals surface area contributed by atoms with Crippen LogP contribution in [0.4, 0.5) is 0 Å². The molecule has 0 bridgehead atoms. The Morgan fingerprint density at radius 3 is 1.54 bits per heavy atom. The molecular formula is C25H45N. The van der Waals surface area contributed by atoms with Crippen LogP contribution in [-0.4, -0.2) is 0 Å². The summed E-state index contributed by atoms with van der Waals surface area (Å²) in [5.41, 5.74) is 8.84. The third-order valence-electron chi connectivity index (χ3n) is 5.51. The van der Waals surface area contributed by atoms with Crippen molar-refractivity contribution in [2.45, 2.75) is 123 Å². The highest BCUT2D eigenvalue weighted by molar-refractivity contribution is 5.32. The maximum Gasteiger partial charge on any atom is 0.0355 e. The van der Waals surface area contributed by atoms with Crippen molar-refractivity contribution in [2.75, 3.05) is 0 Å². The van der Waals surface area contributed by atoms with E-state index < -0.39 is 0 Å². The fourth-order valence-electron chi connectivity index (χ4n) is 3.88. The average molecular weight is 360 g/mol. The predicted molar refractivity (Wildman–Crippen MR) is 118 cm³/mol. The van der Waals surface area contributed by atoms with Crippen molar-refractivity contribution in [1.29, 1.82) is 0 Å². The van der Waals surface area contributed by atoms with E-state index in [0.717, 1.165) is 0 Å². The minimum atomic E-state index is -0.230. The standard InChI is InChI=1S/C25H45N/c1-4-5-6-7-8-9-10-11-12-13-14-15-16-17-20-23-21-18-19-22-24(23)25(2,3)26/h18-19,21-22H,4-17,20,26H2,1-3H3. The lowest BCUT2D eigenvalue weighted by Crippen LogP contribution is -2.30. The molecule has 0 unspecified atom stereocenters. The summed E-state index contributed by atoms with van der Waals surface area (Å²) in [7, 11) is 0. The molecule has 0 aliphatic carbocycles. The van der Waals surface area contributed by atoms with Crippen molar-refractivity contribution in [2.24, 2.45) is 5.73 Å². The minimum absolute atomic E-state index is 0.230. The van der Waals surface area contributed by atoms with Crippen molar-refractivity contribution < 1.29 is 0 Å². The highest BCUT2D eigenvalue weighted by atomic mass is 14.7. The van der Waals surface area contributed by atoms with Crippen molar-refractivity contribution >= 4 is 0 Å². The Kier molecular flexibility index (Phi) is 12.7. The number of rotatable bonds is 16. The lowest BCUT2D eigenvalue weighted by atomic mass is 9.89. The molecule has 0 saturated carbocycles. The van der Waals surface area contributed by atoms with Gasteiger partial charge in [0.1, 0.15) is 0 Å². The summed E-state index contributed by atoms with van der Waals surface area (Å²) in [6, 6.07) is 8.71. The first-order chi connectivity index (χ1) is 12.6. The Bertz CT molecular complexity index is 444. The Morgan fingerprint density at radius 2 is 1.08 bits per heavy atom. The molecule has 0 atom stereocenters. The van der Waals surface area contributed by atoms with E-state index >= 15 is 0 Å². The molecule has 1 heteroatoms. The molecule has 0 spiro atoms. The molecule has 1 aromatic carbocycles. The third-order valence-corrected chi connectivity index (χ3v) is 5.51. The molecule has 150 valence electrons. The second-order valence-electron chi connectivity index (χ2n) is 8.73.